The van der Waals surface area contributed by atoms with Gasteiger partial charge in [0.25, 0.3) is 0 Å². The summed E-state index contributed by atoms with van der Waals surface area (Å²) in [5.74, 6) is -0.229. The van der Waals surface area contributed by atoms with Crippen molar-refractivity contribution in [3.63, 3.8) is 0 Å². The molecule has 1 atom stereocenters. The van der Waals surface area contributed by atoms with Gasteiger partial charge in [-0.3, -0.25) is 0 Å². The summed E-state index contributed by atoms with van der Waals surface area (Å²) in [6.45, 7) is 0.493. The third-order valence-electron chi connectivity index (χ3n) is 2.36. The van der Waals surface area contributed by atoms with Gasteiger partial charge in [0.15, 0.2) is 0 Å². The fourth-order valence-corrected chi connectivity index (χ4v) is 2.45. The third-order valence-corrected chi connectivity index (χ3v) is 3.59. The molecule has 0 aliphatic heterocycles. The zero-order valence-electron chi connectivity index (χ0n) is 9.21. The van der Waals surface area contributed by atoms with Crippen molar-refractivity contribution in [3.05, 3.63) is 60.0 Å². The largest absolute Gasteiger partial charge is 0.329 e. The zero-order valence-corrected chi connectivity index (χ0v) is 10.0. The summed E-state index contributed by atoms with van der Waals surface area (Å²) in [6, 6.07) is 12.2. The smallest absolute Gasteiger partial charge is 0.123 e. The average Bonchev–Trinajstić information content (AvgIpc) is 2.38. The first-order chi connectivity index (χ1) is 8.29. The van der Waals surface area contributed by atoms with Crippen LogP contribution in [-0.4, -0.2) is 11.5 Å². The van der Waals surface area contributed by atoms with Crippen LogP contribution in [0.3, 0.4) is 0 Å². The molecule has 0 radical (unpaired) electrons. The summed E-state index contributed by atoms with van der Waals surface area (Å²) in [7, 11) is 0. The molecular weight excluding hydrogens is 235 g/mol. The lowest BCUT2D eigenvalue weighted by Gasteiger charge is -2.14. The van der Waals surface area contributed by atoms with Gasteiger partial charge in [-0.25, -0.2) is 9.37 Å². The number of rotatable bonds is 4. The summed E-state index contributed by atoms with van der Waals surface area (Å²) in [4.78, 5) is 4.24. The predicted octanol–water partition coefficient (Wildman–Crippen LogP) is 3.01. The molecule has 1 unspecified atom stereocenters. The van der Waals surface area contributed by atoms with Gasteiger partial charge in [-0.1, -0.05) is 30.0 Å². The molecule has 0 fully saturated rings. The summed E-state index contributed by atoms with van der Waals surface area (Å²) in [5, 5.41) is 1.03. The molecule has 1 heterocycles. The summed E-state index contributed by atoms with van der Waals surface area (Å²) < 4.78 is 12.8. The van der Waals surface area contributed by atoms with Gasteiger partial charge in [-0.05, 0) is 29.8 Å². The summed E-state index contributed by atoms with van der Waals surface area (Å²) in [5.41, 5.74) is 6.77. The highest BCUT2D eigenvalue weighted by Gasteiger charge is 2.11. The predicted molar refractivity (Wildman–Crippen MR) is 68.3 cm³/mol. The molecule has 0 spiro atoms. The van der Waals surface area contributed by atoms with Crippen molar-refractivity contribution in [2.45, 2.75) is 10.3 Å². The SMILES string of the molecule is NCC(Sc1ccccn1)c1ccc(F)cc1. The summed E-state index contributed by atoms with van der Waals surface area (Å²) >= 11 is 1.59. The van der Waals surface area contributed by atoms with Crippen LogP contribution in [0.25, 0.3) is 0 Å². The van der Waals surface area contributed by atoms with Crippen molar-refractivity contribution in [3.8, 4) is 0 Å². The number of hydrogen-bond donors (Lipinski definition) is 1. The van der Waals surface area contributed by atoms with Gasteiger partial charge in [0, 0.05) is 18.0 Å². The van der Waals surface area contributed by atoms with Crippen LogP contribution in [-0.2, 0) is 0 Å². The standard InChI is InChI=1S/C13H13FN2S/c14-11-6-4-10(5-7-11)12(9-15)17-13-3-1-2-8-16-13/h1-8,12H,9,15H2. The molecule has 2 aromatic rings. The molecule has 0 saturated heterocycles. The van der Waals surface area contributed by atoms with E-state index < -0.39 is 0 Å². The normalized spacial score (nSPS) is 12.4. The van der Waals surface area contributed by atoms with E-state index in [0.717, 1.165) is 10.6 Å². The number of thioether (sulfide) groups is 1. The van der Waals surface area contributed by atoms with Crippen molar-refractivity contribution < 1.29 is 4.39 Å². The maximum atomic E-state index is 12.8. The van der Waals surface area contributed by atoms with Gasteiger partial charge in [0.05, 0.1) is 5.03 Å². The molecule has 0 amide bonds. The molecule has 88 valence electrons. The zero-order chi connectivity index (χ0) is 12.1. The van der Waals surface area contributed by atoms with Gasteiger partial charge in [0.1, 0.15) is 5.82 Å². The van der Waals surface area contributed by atoms with E-state index in [1.54, 1.807) is 30.1 Å². The Labute approximate surface area is 104 Å². The molecule has 4 heteroatoms. The van der Waals surface area contributed by atoms with Crippen LogP contribution in [0.5, 0.6) is 0 Å². The Hall–Kier alpha value is -1.39. The van der Waals surface area contributed by atoms with E-state index >= 15 is 0 Å². The molecule has 1 aromatic heterocycles. The molecule has 0 saturated carbocycles. The lowest BCUT2D eigenvalue weighted by molar-refractivity contribution is 0.627. The molecule has 2 rings (SSSR count). The minimum absolute atomic E-state index is 0.102. The summed E-state index contributed by atoms with van der Waals surface area (Å²) in [6.07, 6.45) is 1.75. The van der Waals surface area contributed by atoms with Crippen LogP contribution in [0, 0.1) is 5.82 Å². The molecule has 2 N–H and O–H groups in total. The van der Waals surface area contributed by atoms with Crippen molar-refractivity contribution in [1.29, 1.82) is 0 Å². The Bertz CT molecular complexity index is 459. The molecule has 1 aromatic carbocycles. The Kier molecular flexibility index (Phi) is 4.12. The lowest BCUT2D eigenvalue weighted by Crippen LogP contribution is -2.09. The fraction of sp³-hybridized carbons (Fsp3) is 0.154. The number of aromatic nitrogens is 1. The van der Waals surface area contributed by atoms with Crippen LogP contribution >= 0.6 is 11.8 Å². The van der Waals surface area contributed by atoms with E-state index in [0.29, 0.717) is 6.54 Å². The van der Waals surface area contributed by atoms with E-state index in [1.165, 1.54) is 12.1 Å². The van der Waals surface area contributed by atoms with Gasteiger partial charge in [0.2, 0.25) is 0 Å². The maximum Gasteiger partial charge on any atom is 0.123 e. The quantitative estimate of drug-likeness (QED) is 0.845. The van der Waals surface area contributed by atoms with Crippen LogP contribution in [0.4, 0.5) is 4.39 Å². The first-order valence-electron chi connectivity index (χ1n) is 5.33. The van der Waals surface area contributed by atoms with Crippen LogP contribution in [0.15, 0.2) is 53.7 Å². The minimum atomic E-state index is -0.229. The van der Waals surface area contributed by atoms with E-state index in [-0.39, 0.29) is 11.1 Å². The van der Waals surface area contributed by atoms with Crippen LogP contribution in [0.1, 0.15) is 10.8 Å². The first kappa shape index (κ1) is 12.1. The molecule has 0 aliphatic carbocycles. The van der Waals surface area contributed by atoms with Crippen molar-refractivity contribution in [1.82, 2.24) is 4.98 Å². The second kappa shape index (κ2) is 5.80. The van der Waals surface area contributed by atoms with E-state index in [4.69, 9.17) is 5.73 Å². The van der Waals surface area contributed by atoms with Crippen molar-refractivity contribution >= 4 is 11.8 Å². The molecule has 0 bridgehead atoms. The highest BCUT2D eigenvalue weighted by atomic mass is 32.2. The van der Waals surface area contributed by atoms with Gasteiger partial charge in [-0.2, -0.15) is 0 Å². The Morgan fingerprint density at radius 3 is 2.53 bits per heavy atom. The van der Waals surface area contributed by atoms with E-state index in [9.17, 15) is 4.39 Å². The molecule has 2 nitrogen and oxygen atoms in total. The van der Waals surface area contributed by atoms with E-state index in [2.05, 4.69) is 4.98 Å². The highest BCUT2D eigenvalue weighted by Crippen LogP contribution is 2.32. The average molecular weight is 248 g/mol. The maximum absolute atomic E-state index is 12.8. The van der Waals surface area contributed by atoms with Crippen molar-refractivity contribution in [2.75, 3.05) is 6.54 Å². The second-order valence-electron chi connectivity index (χ2n) is 3.56. The fourth-order valence-electron chi connectivity index (χ4n) is 1.49. The Morgan fingerprint density at radius 2 is 1.94 bits per heavy atom. The third kappa shape index (κ3) is 3.28. The molecule has 17 heavy (non-hydrogen) atoms. The highest BCUT2D eigenvalue weighted by molar-refractivity contribution is 7.99. The van der Waals surface area contributed by atoms with Gasteiger partial charge < -0.3 is 5.73 Å². The number of nitrogens with zero attached hydrogens (tertiary/aromatic N) is 1. The first-order valence-corrected chi connectivity index (χ1v) is 6.21. The number of benzene rings is 1. The van der Waals surface area contributed by atoms with Gasteiger partial charge >= 0.3 is 0 Å². The van der Waals surface area contributed by atoms with E-state index in [1.807, 2.05) is 18.2 Å². The number of nitrogens with two attached hydrogens (primary N) is 1. The minimum Gasteiger partial charge on any atom is -0.329 e. The number of halogens is 1. The molecule has 0 aliphatic rings. The Morgan fingerprint density at radius 1 is 1.18 bits per heavy atom. The Balaban J connectivity index is 2.14. The number of pyridine rings is 1. The topological polar surface area (TPSA) is 38.9 Å². The van der Waals surface area contributed by atoms with Gasteiger partial charge in [-0.15, -0.1) is 0 Å². The second-order valence-corrected chi connectivity index (χ2v) is 4.78. The molecular formula is C13H13FN2S. The van der Waals surface area contributed by atoms with Crippen LogP contribution < -0.4 is 5.73 Å². The lowest BCUT2D eigenvalue weighted by atomic mass is 10.1. The number of hydrogen-bond acceptors (Lipinski definition) is 3. The van der Waals surface area contributed by atoms with Crippen molar-refractivity contribution in [2.24, 2.45) is 5.73 Å². The monoisotopic (exact) mass is 248 g/mol. The van der Waals surface area contributed by atoms with Crippen LogP contribution in [0.2, 0.25) is 0 Å².